The second-order valence-electron chi connectivity index (χ2n) is 2.09. The number of nitrogen functional groups attached to an aromatic ring is 1. The van der Waals surface area contributed by atoms with Crippen molar-refractivity contribution in [3.63, 3.8) is 0 Å². The average Bonchev–Trinajstić information content (AvgIpc) is 2.37. The third kappa shape index (κ3) is 1.39. The number of carbonyl (C=O) groups is 1. The Balaban J connectivity index is 2.94. The van der Waals surface area contributed by atoms with E-state index in [9.17, 15) is 9.70 Å². The highest BCUT2D eigenvalue weighted by molar-refractivity contribution is 5.75. The number of rotatable bonds is 3. The summed E-state index contributed by atoms with van der Waals surface area (Å²) < 4.78 is 0. The van der Waals surface area contributed by atoms with E-state index < -0.39 is 12.0 Å². The Morgan fingerprint density at radius 1 is 1.83 bits per heavy atom. The molecule has 1 rings (SSSR count). The molecule has 1 aromatic rings. The minimum atomic E-state index is -1.46. The Bertz CT molecular complexity index is 307. The lowest BCUT2D eigenvalue weighted by molar-refractivity contribution is -0.138. The molecule has 0 saturated carbocycles. The summed E-state index contributed by atoms with van der Waals surface area (Å²) in [6.45, 7) is 0. The number of carboxylic acids is 1. The zero-order valence-electron chi connectivity index (χ0n) is 5.89. The van der Waals surface area contributed by atoms with Gasteiger partial charge in [0, 0.05) is 6.07 Å². The number of aromatic amines is 1. The largest absolute Gasteiger partial charge is 0.479 e. The van der Waals surface area contributed by atoms with Crippen molar-refractivity contribution in [2.45, 2.75) is 6.04 Å². The smallest absolute Gasteiger partial charge is 0.338 e. The average molecular weight is 170 g/mol. The van der Waals surface area contributed by atoms with E-state index in [1.165, 1.54) is 6.07 Å². The van der Waals surface area contributed by atoms with E-state index in [0.717, 1.165) is 0 Å². The van der Waals surface area contributed by atoms with Crippen molar-refractivity contribution < 1.29 is 9.90 Å². The van der Waals surface area contributed by atoms with Crippen LogP contribution < -0.4 is 5.73 Å². The number of hydrogen-bond donors (Lipinski definition) is 3. The highest BCUT2D eigenvalue weighted by Crippen LogP contribution is 2.15. The quantitative estimate of drug-likeness (QED) is 0.546. The zero-order chi connectivity index (χ0) is 9.14. The molecule has 0 aliphatic rings. The molecule has 0 fully saturated rings. The normalized spacial score (nSPS) is 12.3. The van der Waals surface area contributed by atoms with Crippen LogP contribution >= 0.6 is 0 Å². The van der Waals surface area contributed by atoms with Crippen LogP contribution in [0.15, 0.2) is 11.2 Å². The standard InChI is InChI=1S/C5H6N4O3/c6-3-1-2(7-8-3)4(9-12)5(10)11/h1,4H,(H,10,11)(H3,6,7,8). The maximum Gasteiger partial charge on any atom is 0.338 e. The van der Waals surface area contributed by atoms with Crippen molar-refractivity contribution in [3.05, 3.63) is 16.7 Å². The highest BCUT2D eigenvalue weighted by Gasteiger charge is 2.22. The fourth-order valence-electron chi connectivity index (χ4n) is 0.728. The van der Waals surface area contributed by atoms with Gasteiger partial charge in [0.1, 0.15) is 5.82 Å². The van der Waals surface area contributed by atoms with Crippen LogP contribution in [0.25, 0.3) is 0 Å². The molecule has 0 aromatic carbocycles. The second kappa shape index (κ2) is 2.99. The molecular weight excluding hydrogens is 164 g/mol. The van der Waals surface area contributed by atoms with Crippen molar-refractivity contribution in [3.8, 4) is 0 Å². The molecule has 0 amide bonds. The topological polar surface area (TPSA) is 121 Å². The first-order valence-electron chi connectivity index (χ1n) is 3.01. The van der Waals surface area contributed by atoms with Crippen molar-refractivity contribution in [2.24, 2.45) is 5.18 Å². The van der Waals surface area contributed by atoms with E-state index in [-0.39, 0.29) is 11.5 Å². The van der Waals surface area contributed by atoms with Gasteiger partial charge < -0.3 is 10.8 Å². The lowest BCUT2D eigenvalue weighted by Crippen LogP contribution is -2.08. The SMILES string of the molecule is Nc1cc(C(N=O)C(=O)O)[nH]n1. The molecule has 0 aliphatic carbocycles. The third-order valence-corrected chi connectivity index (χ3v) is 1.25. The molecule has 1 atom stereocenters. The third-order valence-electron chi connectivity index (χ3n) is 1.25. The summed E-state index contributed by atoms with van der Waals surface area (Å²) in [6, 6.07) is -0.213. The van der Waals surface area contributed by atoms with Crippen molar-refractivity contribution in [2.75, 3.05) is 5.73 Å². The molecular formula is C5H6N4O3. The van der Waals surface area contributed by atoms with Gasteiger partial charge in [-0.1, -0.05) is 0 Å². The van der Waals surface area contributed by atoms with Crippen LogP contribution in [0.3, 0.4) is 0 Å². The van der Waals surface area contributed by atoms with E-state index in [0.29, 0.717) is 0 Å². The Kier molecular flexibility index (Phi) is 2.04. The summed E-state index contributed by atoms with van der Waals surface area (Å²) in [4.78, 5) is 20.4. The van der Waals surface area contributed by atoms with Gasteiger partial charge in [0.05, 0.1) is 5.69 Å². The summed E-state index contributed by atoms with van der Waals surface area (Å²) in [5, 5.41) is 16.6. The first-order valence-corrected chi connectivity index (χ1v) is 3.01. The molecule has 4 N–H and O–H groups in total. The molecule has 64 valence electrons. The number of aromatic nitrogens is 2. The number of nitrogens with two attached hydrogens (primary N) is 1. The number of nitroso groups, excluding NO2 is 1. The number of nitrogens with zero attached hydrogens (tertiary/aromatic N) is 2. The van der Waals surface area contributed by atoms with Gasteiger partial charge in [0.15, 0.2) is 0 Å². The van der Waals surface area contributed by atoms with Gasteiger partial charge in [0.25, 0.3) is 0 Å². The minimum absolute atomic E-state index is 0.0787. The number of carboxylic acid groups (broad SMARTS) is 1. The van der Waals surface area contributed by atoms with E-state index >= 15 is 0 Å². The van der Waals surface area contributed by atoms with Gasteiger partial charge in [-0.25, -0.2) is 4.79 Å². The Labute approximate surface area is 66.5 Å². The van der Waals surface area contributed by atoms with Crippen LogP contribution in [-0.2, 0) is 4.79 Å². The number of aliphatic carboxylic acids is 1. The zero-order valence-corrected chi connectivity index (χ0v) is 5.89. The van der Waals surface area contributed by atoms with Crippen molar-refractivity contribution in [1.29, 1.82) is 0 Å². The van der Waals surface area contributed by atoms with Crippen molar-refractivity contribution in [1.82, 2.24) is 10.2 Å². The maximum absolute atomic E-state index is 10.4. The summed E-state index contributed by atoms with van der Waals surface area (Å²) in [5.74, 6) is -1.21. The molecule has 1 unspecified atom stereocenters. The summed E-state index contributed by atoms with van der Waals surface area (Å²) in [7, 11) is 0. The molecule has 0 aliphatic heterocycles. The predicted molar refractivity (Wildman–Crippen MR) is 39.2 cm³/mol. The van der Waals surface area contributed by atoms with E-state index in [1.54, 1.807) is 0 Å². The number of H-pyrrole nitrogens is 1. The molecule has 12 heavy (non-hydrogen) atoms. The van der Waals surface area contributed by atoms with Gasteiger partial charge in [-0.2, -0.15) is 5.10 Å². The number of anilines is 1. The van der Waals surface area contributed by atoms with Gasteiger partial charge in [-0.15, -0.1) is 4.91 Å². The summed E-state index contributed by atoms with van der Waals surface area (Å²) >= 11 is 0. The molecule has 1 aromatic heterocycles. The maximum atomic E-state index is 10.4. The van der Waals surface area contributed by atoms with E-state index in [2.05, 4.69) is 15.4 Å². The fourth-order valence-corrected chi connectivity index (χ4v) is 0.728. The van der Waals surface area contributed by atoms with Crippen LogP contribution in [0.1, 0.15) is 11.7 Å². The number of nitrogens with one attached hydrogen (secondary N) is 1. The van der Waals surface area contributed by atoms with Gasteiger partial charge in [-0.05, 0) is 5.18 Å². The Morgan fingerprint density at radius 3 is 2.83 bits per heavy atom. The Hall–Kier alpha value is -1.92. The lowest BCUT2D eigenvalue weighted by Gasteiger charge is -1.97. The molecule has 1 heterocycles. The van der Waals surface area contributed by atoms with Crippen LogP contribution in [0.5, 0.6) is 0 Å². The van der Waals surface area contributed by atoms with Crippen LogP contribution in [-0.4, -0.2) is 21.3 Å². The van der Waals surface area contributed by atoms with Gasteiger partial charge in [0.2, 0.25) is 6.04 Å². The first-order chi connectivity index (χ1) is 5.65. The predicted octanol–water partition coefficient (Wildman–Crippen LogP) is -0.116. The molecule has 0 spiro atoms. The Morgan fingerprint density at radius 2 is 2.50 bits per heavy atom. The molecule has 0 saturated heterocycles. The first kappa shape index (κ1) is 8.18. The molecule has 0 bridgehead atoms. The highest BCUT2D eigenvalue weighted by atomic mass is 16.4. The van der Waals surface area contributed by atoms with E-state index in [1.807, 2.05) is 0 Å². The minimum Gasteiger partial charge on any atom is -0.479 e. The van der Waals surface area contributed by atoms with Crippen LogP contribution in [0.4, 0.5) is 5.82 Å². The molecule has 0 radical (unpaired) electrons. The monoisotopic (exact) mass is 170 g/mol. The van der Waals surface area contributed by atoms with Crippen LogP contribution in [0.2, 0.25) is 0 Å². The van der Waals surface area contributed by atoms with Crippen molar-refractivity contribution >= 4 is 11.8 Å². The molecule has 7 heteroatoms. The van der Waals surface area contributed by atoms with Crippen LogP contribution in [0, 0.1) is 4.91 Å². The lowest BCUT2D eigenvalue weighted by atomic mass is 10.2. The number of hydrogen-bond acceptors (Lipinski definition) is 5. The molecule has 7 nitrogen and oxygen atoms in total. The van der Waals surface area contributed by atoms with Gasteiger partial charge in [-0.3, -0.25) is 5.10 Å². The summed E-state index contributed by atoms with van der Waals surface area (Å²) in [5.41, 5.74) is 5.27. The second-order valence-corrected chi connectivity index (χ2v) is 2.09. The van der Waals surface area contributed by atoms with E-state index in [4.69, 9.17) is 10.8 Å². The summed E-state index contributed by atoms with van der Waals surface area (Å²) in [6.07, 6.45) is 0. The van der Waals surface area contributed by atoms with Gasteiger partial charge >= 0.3 is 5.97 Å². The fraction of sp³-hybridized carbons (Fsp3) is 0.200.